The maximum Gasteiger partial charge on any atom is 0.122 e. The first-order chi connectivity index (χ1) is 11.5. The Morgan fingerprint density at radius 3 is 2.42 bits per heavy atom. The molecular weight excluding hydrogens is 298 g/mol. The van der Waals surface area contributed by atoms with Crippen molar-refractivity contribution in [3.05, 3.63) is 64.7 Å². The van der Waals surface area contributed by atoms with E-state index in [0.29, 0.717) is 13.2 Å². The van der Waals surface area contributed by atoms with Crippen LogP contribution in [-0.2, 0) is 6.42 Å². The van der Waals surface area contributed by atoms with E-state index < -0.39 is 6.10 Å². The summed E-state index contributed by atoms with van der Waals surface area (Å²) < 4.78 is 5.73. The van der Waals surface area contributed by atoms with Crippen LogP contribution in [0, 0.1) is 13.8 Å². The molecule has 2 atom stereocenters. The number of hydrogen-bond acceptors (Lipinski definition) is 3. The minimum Gasteiger partial charge on any atom is -0.491 e. The van der Waals surface area contributed by atoms with Crippen molar-refractivity contribution < 1.29 is 9.84 Å². The van der Waals surface area contributed by atoms with E-state index in [1.807, 2.05) is 19.1 Å². The van der Waals surface area contributed by atoms with Crippen LogP contribution in [0.3, 0.4) is 0 Å². The van der Waals surface area contributed by atoms with E-state index in [1.54, 1.807) is 0 Å². The molecule has 0 aliphatic rings. The molecule has 0 saturated heterocycles. The molecule has 0 aromatic heterocycles. The summed E-state index contributed by atoms with van der Waals surface area (Å²) in [6, 6.07) is 14.9. The number of aryl methyl sites for hydroxylation is 3. The third-order valence-electron chi connectivity index (χ3n) is 4.31. The van der Waals surface area contributed by atoms with Crippen LogP contribution in [0.1, 0.15) is 42.1 Å². The summed E-state index contributed by atoms with van der Waals surface area (Å²) >= 11 is 0. The highest BCUT2D eigenvalue weighted by atomic mass is 16.5. The Kier molecular flexibility index (Phi) is 6.83. The topological polar surface area (TPSA) is 41.5 Å². The van der Waals surface area contributed by atoms with Gasteiger partial charge in [-0.05, 0) is 49.9 Å². The number of aliphatic hydroxyl groups is 1. The number of benzene rings is 2. The van der Waals surface area contributed by atoms with Gasteiger partial charge in [-0.3, -0.25) is 0 Å². The van der Waals surface area contributed by atoms with E-state index in [0.717, 1.165) is 17.7 Å². The molecule has 2 unspecified atom stereocenters. The first-order valence-electron chi connectivity index (χ1n) is 8.70. The van der Waals surface area contributed by atoms with Crippen molar-refractivity contribution in [2.24, 2.45) is 0 Å². The van der Waals surface area contributed by atoms with Crippen LogP contribution < -0.4 is 10.1 Å². The van der Waals surface area contributed by atoms with Gasteiger partial charge in [-0.25, -0.2) is 0 Å². The highest BCUT2D eigenvalue weighted by molar-refractivity contribution is 5.35. The van der Waals surface area contributed by atoms with Crippen molar-refractivity contribution in [3.8, 4) is 5.75 Å². The molecule has 24 heavy (non-hydrogen) atoms. The van der Waals surface area contributed by atoms with E-state index in [4.69, 9.17) is 4.74 Å². The van der Waals surface area contributed by atoms with Gasteiger partial charge >= 0.3 is 0 Å². The van der Waals surface area contributed by atoms with Crippen molar-refractivity contribution in [1.29, 1.82) is 0 Å². The van der Waals surface area contributed by atoms with Gasteiger partial charge in [0.15, 0.2) is 0 Å². The van der Waals surface area contributed by atoms with Crippen LogP contribution in [0.4, 0.5) is 0 Å². The second kappa shape index (κ2) is 8.86. The van der Waals surface area contributed by atoms with Crippen molar-refractivity contribution in [3.63, 3.8) is 0 Å². The normalized spacial score (nSPS) is 13.5. The average molecular weight is 327 g/mol. The molecule has 0 radical (unpaired) electrons. The highest BCUT2D eigenvalue weighted by Gasteiger charge is 2.10. The molecule has 0 saturated carbocycles. The van der Waals surface area contributed by atoms with Crippen LogP contribution in [0.5, 0.6) is 5.75 Å². The predicted molar refractivity (Wildman–Crippen MR) is 99.7 cm³/mol. The van der Waals surface area contributed by atoms with Crippen molar-refractivity contribution in [1.82, 2.24) is 5.32 Å². The van der Waals surface area contributed by atoms with Gasteiger partial charge in [0.1, 0.15) is 18.5 Å². The van der Waals surface area contributed by atoms with Gasteiger partial charge in [-0.15, -0.1) is 0 Å². The molecule has 3 nitrogen and oxygen atoms in total. The molecule has 0 amide bonds. The van der Waals surface area contributed by atoms with E-state index in [-0.39, 0.29) is 6.04 Å². The first kappa shape index (κ1) is 18.5. The zero-order chi connectivity index (χ0) is 17.5. The van der Waals surface area contributed by atoms with E-state index in [9.17, 15) is 5.11 Å². The summed E-state index contributed by atoms with van der Waals surface area (Å²) in [5.41, 5.74) is 4.88. The summed E-state index contributed by atoms with van der Waals surface area (Å²) in [5, 5.41) is 13.5. The summed E-state index contributed by atoms with van der Waals surface area (Å²) in [6.07, 6.45) is 0.513. The molecule has 3 heteroatoms. The molecule has 0 fully saturated rings. The maximum absolute atomic E-state index is 10.1. The number of ether oxygens (including phenoxy) is 1. The van der Waals surface area contributed by atoms with Gasteiger partial charge in [-0.1, -0.05) is 48.9 Å². The fourth-order valence-electron chi connectivity index (χ4n) is 2.68. The average Bonchev–Trinajstić information content (AvgIpc) is 2.59. The first-order valence-corrected chi connectivity index (χ1v) is 8.70. The van der Waals surface area contributed by atoms with E-state index in [1.165, 1.54) is 16.7 Å². The Balaban J connectivity index is 1.78. The molecular formula is C21H29NO2. The second-order valence-corrected chi connectivity index (χ2v) is 6.46. The predicted octanol–water partition coefficient (Wildman–Crippen LogP) is 3.96. The standard InChI is InChI=1S/C21H29NO2/c1-5-18-7-9-19(10-8-18)17(4)22-13-20(23)14-24-21-11-6-15(2)12-16(21)3/h6-12,17,20,22-23H,5,13-14H2,1-4H3. The van der Waals surface area contributed by atoms with Gasteiger partial charge in [0.25, 0.3) is 0 Å². The lowest BCUT2D eigenvalue weighted by Crippen LogP contribution is -2.33. The number of hydrogen-bond donors (Lipinski definition) is 2. The fraction of sp³-hybridized carbons (Fsp3) is 0.429. The Bertz CT molecular complexity index is 637. The van der Waals surface area contributed by atoms with Crippen LogP contribution in [-0.4, -0.2) is 24.4 Å². The van der Waals surface area contributed by atoms with Crippen molar-refractivity contribution >= 4 is 0 Å². The molecule has 2 N–H and O–H groups in total. The number of aliphatic hydroxyl groups excluding tert-OH is 1. The third kappa shape index (κ3) is 5.36. The fourth-order valence-corrected chi connectivity index (χ4v) is 2.68. The smallest absolute Gasteiger partial charge is 0.122 e. The summed E-state index contributed by atoms with van der Waals surface area (Å²) in [4.78, 5) is 0. The molecule has 2 aromatic carbocycles. The van der Waals surface area contributed by atoms with Crippen LogP contribution in [0.2, 0.25) is 0 Å². The zero-order valence-electron chi connectivity index (χ0n) is 15.2. The molecule has 0 heterocycles. The van der Waals surface area contributed by atoms with Crippen LogP contribution in [0.15, 0.2) is 42.5 Å². The van der Waals surface area contributed by atoms with Gasteiger partial charge in [-0.2, -0.15) is 0 Å². The molecule has 0 spiro atoms. The SMILES string of the molecule is CCc1ccc(C(C)NCC(O)COc2ccc(C)cc2C)cc1. The second-order valence-electron chi connectivity index (χ2n) is 6.46. The van der Waals surface area contributed by atoms with Crippen LogP contribution in [0.25, 0.3) is 0 Å². The van der Waals surface area contributed by atoms with E-state index in [2.05, 4.69) is 56.4 Å². The Morgan fingerprint density at radius 2 is 1.79 bits per heavy atom. The van der Waals surface area contributed by atoms with Gasteiger partial charge in [0, 0.05) is 12.6 Å². The maximum atomic E-state index is 10.1. The monoisotopic (exact) mass is 327 g/mol. The summed E-state index contributed by atoms with van der Waals surface area (Å²) in [5.74, 6) is 0.836. The van der Waals surface area contributed by atoms with Crippen molar-refractivity contribution in [2.75, 3.05) is 13.2 Å². The molecule has 2 aromatic rings. The molecule has 2 rings (SSSR count). The molecule has 0 bridgehead atoms. The number of nitrogens with one attached hydrogen (secondary N) is 1. The minimum absolute atomic E-state index is 0.201. The summed E-state index contributed by atoms with van der Waals surface area (Å²) in [6.45, 7) is 9.14. The van der Waals surface area contributed by atoms with Gasteiger partial charge < -0.3 is 15.2 Å². The Morgan fingerprint density at radius 1 is 1.08 bits per heavy atom. The molecule has 130 valence electrons. The minimum atomic E-state index is -0.539. The Hall–Kier alpha value is -1.84. The van der Waals surface area contributed by atoms with Gasteiger partial charge in [0.05, 0.1) is 0 Å². The van der Waals surface area contributed by atoms with E-state index >= 15 is 0 Å². The molecule has 0 aliphatic heterocycles. The lowest BCUT2D eigenvalue weighted by atomic mass is 10.0. The van der Waals surface area contributed by atoms with Crippen LogP contribution >= 0.6 is 0 Å². The zero-order valence-corrected chi connectivity index (χ0v) is 15.2. The highest BCUT2D eigenvalue weighted by Crippen LogP contribution is 2.19. The third-order valence-corrected chi connectivity index (χ3v) is 4.31. The van der Waals surface area contributed by atoms with Gasteiger partial charge in [0.2, 0.25) is 0 Å². The number of rotatable bonds is 8. The Labute approximate surface area is 145 Å². The van der Waals surface area contributed by atoms with Crippen molar-refractivity contribution in [2.45, 2.75) is 46.3 Å². The summed E-state index contributed by atoms with van der Waals surface area (Å²) in [7, 11) is 0. The lowest BCUT2D eigenvalue weighted by molar-refractivity contribution is 0.104. The largest absolute Gasteiger partial charge is 0.491 e. The molecule has 0 aliphatic carbocycles. The quantitative estimate of drug-likeness (QED) is 0.771. The lowest BCUT2D eigenvalue weighted by Gasteiger charge is -2.19.